The fourth-order valence-corrected chi connectivity index (χ4v) is 2.82. The number of hydrogen-bond donors (Lipinski definition) is 1. The first-order valence-electron chi connectivity index (χ1n) is 8.52. The van der Waals surface area contributed by atoms with Crippen molar-refractivity contribution in [3.63, 3.8) is 0 Å². The highest BCUT2D eigenvalue weighted by Crippen LogP contribution is 2.12. The molecule has 0 bridgehead atoms. The number of amides is 1. The Morgan fingerprint density at radius 1 is 1.11 bits per heavy atom. The van der Waals surface area contributed by atoms with E-state index in [4.69, 9.17) is 0 Å². The van der Waals surface area contributed by atoms with Crippen LogP contribution in [0, 0.1) is 0 Å². The number of nitrogens with one attached hydrogen (secondary N) is 1. The van der Waals surface area contributed by atoms with Crippen LogP contribution in [0.3, 0.4) is 0 Å². The van der Waals surface area contributed by atoms with Crippen LogP contribution in [-0.4, -0.2) is 30.7 Å². The molecule has 7 heteroatoms. The second kappa shape index (κ2) is 7.25. The fourth-order valence-electron chi connectivity index (χ4n) is 2.82. The lowest BCUT2D eigenvalue weighted by Crippen LogP contribution is -2.24. The van der Waals surface area contributed by atoms with Gasteiger partial charge >= 0.3 is 0 Å². The maximum atomic E-state index is 12.2. The van der Waals surface area contributed by atoms with Gasteiger partial charge in [0.1, 0.15) is 6.54 Å². The van der Waals surface area contributed by atoms with Crippen LogP contribution < -0.4 is 5.43 Å². The first kappa shape index (κ1) is 16.7. The third-order valence-electron chi connectivity index (χ3n) is 4.28. The smallest absolute Gasteiger partial charge is 0.260 e. The second-order valence-electron chi connectivity index (χ2n) is 6.11. The zero-order valence-corrected chi connectivity index (χ0v) is 14.8. The number of rotatable bonds is 5. The molecule has 0 aliphatic heterocycles. The summed E-state index contributed by atoms with van der Waals surface area (Å²) in [5, 5.41) is 4.21. The summed E-state index contributed by atoms with van der Waals surface area (Å²) >= 11 is 0. The predicted octanol–water partition coefficient (Wildman–Crippen LogP) is 2.76. The van der Waals surface area contributed by atoms with E-state index in [1.165, 1.54) is 0 Å². The van der Waals surface area contributed by atoms with Gasteiger partial charge in [-0.3, -0.25) is 4.79 Å². The lowest BCUT2D eigenvalue weighted by atomic mass is 10.1. The van der Waals surface area contributed by atoms with Crippen LogP contribution in [0.15, 0.2) is 78.7 Å². The number of hydrazone groups is 1. The number of imidazole rings is 2. The molecule has 0 fully saturated rings. The van der Waals surface area contributed by atoms with Gasteiger partial charge in [-0.25, -0.2) is 15.4 Å². The van der Waals surface area contributed by atoms with E-state index in [9.17, 15) is 4.79 Å². The molecule has 2 aromatic carbocycles. The van der Waals surface area contributed by atoms with Gasteiger partial charge in [0.05, 0.1) is 29.4 Å². The van der Waals surface area contributed by atoms with Gasteiger partial charge in [-0.15, -0.1) is 0 Å². The summed E-state index contributed by atoms with van der Waals surface area (Å²) in [6, 6.07) is 15.6. The van der Waals surface area contributed by atoms with Crippen molar-refractivity contribution in [3.8, 4) is 5.69 Å². The number of aromatic nitrogens is 4. The van der Waals surface area contributed by atoms with Crippen LogP contribution in [0.4, 0.5) is 0 Å². The zero-order valence-electron chi connectivity index (χ0n) is 14.8. The number of para-hydroxylation sites is 2. The number of carbonyl (C=O) groups excluding carboxylic acids is 1. The van der Waals surface area contributed by atoms with E-state index in [1.807, 2.05) is 66.2 Å². The number of nitrogens with zero attached hydrogens (tertiary/aromatic N) is 5. The van der Waals surface area contributed by atoms with Crippen LogP contribution in [0.1, 0.15) is 12.5 Å². The number of hydrogen-bond acceptors (Lipinski definition) is 4. The Balaban J connectivity index is 1.42. The third-order valence-corrected chi connectivity index (χ3v) is 4.28. The molecule has 0 saturated heterocycles. The highest BCUT2D eigenvalue weighted by molar-refractivity contribution is 5.99. The minimum absolute atomic E-state index is 0.164. The third kappa shape index (κ3) is 3.62. The molecule has 2 heterocycles. The molecule has 0 atom stereocenters. The molecule has 2 aromatic heterocycles. The van der Waals surface area contributed by atoms with E-state index >= 15 is 0 Å². The maximum absolute atomic E-state index is 12.2. The normalized spacial score (nSPS) is 11.7. The molecule has 4 aromatic rings. The summed E-state index contributed by atoms with van der Waals surface area (Å²) in [7, 11) is 0. The second-order valence-corrected chi connectivity index (χ2v) is 6.11. The summed E-state index contributed by atoms with van der Waals surface area (Å²) in [6.45, 7) is 2.02. The van der Waals surface area contributed by atoms with Gasteiger partial charge in [-0.2, -0.15) is 5.10 Å². The average Bonchev–Trinajstić information content (AvgIpc) is 3.37. The van der Waals surface area contributed by atoms with E-state index in [-0.39, 0.29) is 12.5 Å². The first-order valence-corrected chi connectivity index (χ1v) is 8.52. The zero-order chi connectivity index (χ0) is 18.6. The SMILES string of the molecule is C/C(=N\NC(=O)Cn1cnc2ccccc21)c1ccc(-n2ccnc2)cc1. The Bertz CT molecular complexity index is 1090. The van der Waals surface area contributed by atoms with Gasteiger partial charge < -0.3 is 9.13 Å². The summed E-state index contributed by atoms with van der Waals surface area (Å²) < 4.78 is 3.73. The minimum Gasteiger partial charge on any atom is -0.321 e. The largest absolute Gasteiger partial charge is 0.321 e. The van der Waals surface area contributed by atoms with Gasteiger partial charge in [-0.1, -0.05) is 24.3 Å². The summed E-state index contributed by atoms with van der Waals surface area (Å²) in [5.41, 5.74) is 7.08. The van der Waals surface area contributed by atoms with Crippen molar-refractivity contribution in [2.24, 2.45) is 5.10 Å². The molecule has 0 unspecified atom stereocenters. The Labute approximate surface area is 156 Å². The molecule has 1 amide bonds. The molecule has 27 heavy (non-hydrogen) atoms. The summed E-state index contributed by atoms with van der Waals surface area (Å²) in [4.78, 5) is 20.5. The molecule has 0 radical (unpaired) electrons. The van der Waals surface area contributed by atoms with Crippen LogP contribution in [0.25, 0.3) is 16.7 Å². The van der Waals surface area contributed by atoms with Crippen molar-refractivity contribution in [1.29, 1.82) is 0 Å². The van der Waals surface area contributed by atoms with E-state index < -0.39 is 0 Å². The van der Waals surface area contributed by atoms with Crippen LogP contribution in [0.2, 0.25) is 0 Å². The van der Waals surface area contributed by atoms with Crippen molar-refractivity contribution in [1.82, 2.24) is 24.5 Å². The molecule has 0 saturated carbocycles. The predicted molar refractivity (Wildman–Crippen MR) is 104 cm³/mol. The summed E-state index contributed by atoms with van der Waals surface area (Å²) in [5.74, 6) is -0.201. The molecule has 0 aliphatic rings. The topological polar surface area (TPSA) is 77.1 Å². The van der Waals surface area contributed by atoms with Crippen molar-refractivity contribution in [2.45, 2.75) is 13.5 Å². The van der Waals surface area contributed by atoms with Crippen molar-refractivity contribution >= 4 is 22.7 Å². The van der Waals surface area contributed by atoms with Crippen LogP contribution in [0.5, 0.6) is 0 Å². The van der Waals surface area contributed by atoms with E-state index in [0.717, 1.165) is 28.0 Å². The van der Waals surface area contributed by atoms with Crippen LogP contribution in [-0.2, 0) is 11.3 Å². The lowest BCUT2D eigenvalue weighted by molar-refractivity contribution is -0.121. The van der Waals surface area contributed by atoms with Gasteiger partial charge in [-0.05, 0) is 36.8 Å². The molecule has 7 nitrogen and oxygen atoms in total. The fraction of sp³-hybridized carbons (Fsp3) is 0.100. The van der Waals surface area contributed by atoms with Gasteiger partial charge in [0.15, 0.2) is 0 Å². The molecule has 4 rings (SSSR count). The highest BCUT2D eigenvalue weighted by Gasteiger charge is 2.07. The van der Waals surface area contributed by atoms with Crippen molar-refractivity contribution < 1.29 is 4.79 Å². The molecular weight excluding hydrogens is 340 g/mol. The maximum Gasteiger partial charge on any atom is 0.260 e. The number of carbonyl (C=O) groups is 1. The number of fused-ring (bicyclic) bond motifs is 1. The standard InChI is InChI=1S/C20H18N6O/c1-15(16-6-8-17(9-7-16)25-11-10-21-13-25)23-24-20(27)12-26-14-22-18-4-2-3-5-19(18)26/h2-11,13-14H,12H2,1H3,(H,24,27)/b23-15+. The molecule has 134 valence electrons. The minimum atomic E-state index is -0.201. The van der Waals surface area contributed by atoms with Gasteiger partial charge in [0, 0.05) is 18.1 Å². The average molecular weight is 358 g/mol. The van der Waals surface area contributed by atoms with E-state index in [1.54, 1.807) is 23.4 Å². The molecule has 0 aliphatic carbocycles. The Hall–Kier alpha value is -3.74. The molecule has 0 spiro atoms. The molecule has 1 N–H and O–H groups in total. The Kier molecular flexibility index (Phi) is 4.49. The van der Waals surface area contributed by atoms with E-state index in [2.05, 4.69) is 20.5 Å². The van der Waals surface area contributed by atoms with Crippen molar-refractivity contribution in [3.05, 3.63) is 79.1 Å². The Morgan fingerprint density at radius 3 is 2.70 bits per heavy atom. The first-order chi connectivity index (χ1) is 13.2. The Morgan fingerprint density at radius 2 is 1.93 bits per heavy atom. The highest BCUT2D eigenvalue weighted by atomic mass is 16.2. The van der Waals surface area contributed by atoms with E-state index in [0.29, 0.717) is 0 Å². The van der Waals surface area contributed by atoms with Crippen LogP contribution >= 0.6 is 0 Å². The summed E-state index contributed by atoms with van der Waals surface area (Å²) in [6.07, 6.45) is 7.03. The number of benzene rings is 2. The van der Waals surface area contributed by atoms with Gasteiger partial charge in [0.2, 0.25) is 0 Å². The van der Waals surface area contributed by atoms with Crippen molar-refractivity contribution in [2.75, 3.05) is 0 Å². The monoisotopic (exact) mass is 358 g/mol. The molecular formula is C20H18N6O. The lowest BCUT2D eigenvalue weighted by Gasteiger charge is -2.06. The van der Waals surface area contributed by atoms with Gasteiger partial charge in [0.25, 0.3) is 5.91 Å². The quantitative estimate of drug-likeness (QED) is 0.440.